The lowest BCUT2D eigenvalue weighted by atomic mass is 10.0. The van der Waals surface area contributed by atoms with Gasteiger partial charge in [0.1, 0.15) is 0 Å². The molecular formula is C13H14N2O2. The zero-order valence-corrected chi connectivity index (χ0v) is 9.84. The van der Waals surface area contributed by atoms with Gasteiger partial charge in [-0.1, -0.05) is 18.2 Å². The quantitative estimate of drug-likeness (QED) is 0.881. The van der Waals surface area contributed by atoms with Crippen LogP contribution in [-0.4, -0.2) is 20.9 Å². The van der Waals surface area contributed by atoms with E-state index >= 15 is 0 Å². The molecule has 0 bridgehead atoms. The number of hydrogen-bond acceptors (Lipinski definition) is 2. The fourth-order valence-corrected chi connectivity index (χ4v) is 1.93. The molecule has 1 N–H and O–H groups in total. The van der Waals surface area contributed by atoms with Gasteiger partial charge in [-0.15, -0.1) is 0 Å². The van der Waals surface area contributed by atoms with E-state index in [1.807, 2.05) is 30.7 Å². The molecule has 2 rings (SSSR count). The van der Waals surface area contributed by atoms with E-state index in [1.165, 1.54) is 0 Å². The summed E-state index contributed by atoms with van der Waals surface area (Å²) in [6.45, 7) is 4.73. The fraction of sp³-hybridized carbons (Fsp3) is 0.231. The number of carboxylic acids is 1. The molecule has 1 aromatic heterocycles. The van der Waals surface area contributed by atoms with Crippen LogP contribution >= 0.6 is 0 Å². The number of aromatic nitrogens is 2. The zero-order valence-electron chi connectivity index (χ0n) is 9.84. The Morgan fingerprint density at radius 1 is 1.35 bits per heavy atom. The zero-order chi connectivity index (χ0) is 12.4. The Morgan fingerprint density at radius 3 is 2.65 bits per heavy atom. The molecule has 2 aromatic rings. The normalized spacial score (nSPS) is 10.5. The first kappa shape index (κ1) is 11.4. The van der Waals surface area contributed by atoms with E-state index in [1.54, 1.807) is 18.3 Å². The van der Waals surface area contributed by atoms with Crippen LogP contribution in [0.3, 0.4) is 0 Å². The van der Waals surface area contributed by atoms with Crippen LogP contribution in [0.25, 0.3) is 11.1 Å². The highest BCUT2D eigenvalue weighted by molar-refractivity contribution is 5.96. The van der Waals surface area contributed by atoms with Crippen LogP contribution in [0, 0.1) is 6.92 Å². The molecular weight excluding hydrogens is 216 g/mol. The van der Waals surface area contributed by atoms with Gasteiger partial charge >= 0.3 is 5.97 Å². The molecule has 0 radical (unpaired) electrons. The third-order valence-electron chi connectivity index (χ3n) is 2.85. The van der Waals surface area contributed by atoms with Crippen molar-refractivity contribution in [1.82, 2.24) is 9.78 Å². The smallest absolute Gasteiger partial charge is 0.336 e. The van der Waals surface area contributed by atoms with E-state index in [2.05, 4.69) is 5.10 Å². The van der Waals surface area contributed by atoms with E-state index in [0.29, 0.717) is 5.56 Å². The minimum absolute atomic E-state index is 0.311. The third-order valence-corrected chi connectivity index (χ3v) is 2.85. The van der Waals surface area contributed by atoms with Gasteiger partial charge in [-0.05, 0) is 25.5 Å². The van der Waals surface area contributed by atoms with Crippen molar-refractivity contribution in [3.63, 3.8) is 0 Å². The summed E-state index contributed by atoms with van der Waals surface area (Å²) in [5.41, 5.74) is 2.90. The highest BCUT2D eigenvalue weighted by atomic mass is 16.4. The van der Waals surface area contributed by atoms with Gasteiger partial charge in [-0.2, -0.15) is 5.10 Å². The summed E-state index contributed by atoms with van der Waals surface area (Å²) < 4.78 is 1.86. The number of aromatic carboxylic acids is 1. The number of carboxylic acid groups (broad SMARTS) is 1. The second-order valence-electron chi connectivity index (χ2n) is 3.81. The van der Waals surface area contributed by atoms with E-state index in [-0.39, 0.29) is 0 Å². The van der Waals surface area contributed by atoms with Gasteiger partial charge in [0.2, 0.25) is 0 Å². The minimum Gasteiger partial charge on any atom is -0.478 e. The Morgan fingerprint density at radius 2 is 2.06 bits per heavy atom. The lowest BCUT2D eigenvalue weighted by Gasteiger charge is -2.05. The van der Waals surface area contributed by atoms with Crippen molar-refractivity contribution in [2.75, 3.05) is 0 Å². The minimum atomic E-state index is -0.913. The summed E-state index contributed by atoms with van der Waals surface area (Å²) >= 11 is 0. The lowest BCUT2D eigenvalue weighted by molar-refractivity contribution is 0.0698. The van der Waals surface area contributed by atoms with E-state index in [0.717, 1.165) is 23.4 Å². The molecule has 0 aliphatic carbocycles. The van der Waals surface area contributed by atoms with Crippen molar-refractivity contribution >= 4 is 5.97 Å². The first-order valence-corrected chi connectivity index (χ1v) is 5.50. The number of nitrogens with zero attached hydrogens (tertiary/aromatic N) is 2. The van der Waals surface area contributed by atoms with Crippen molar-refractivity contribution in [3.8, 4) is 11.1 Å². The van der Waals surface area contributed by atoms with Crippen LogP contribution in [0.1, 0.15) is 23.0 Å². The van der Waals surface area contributed by atoms with E-state index < -0.39 is 5.97 Å². The van der Waals surface area contributed by atoms with Gasteiger partial charge in [-0.3, -0.25) is 4.68 Å². The van der Waals surface area contributed by atoms with Crippen LogP contribution < -0.4 is 0 Å². The highest BCUT2D eigenvalue weighted by Gasteiger charge is 2.14. The average Bonchev–Trinajstić information content (AvgIpc) is 2.70. The van der Waals surface area contributed by atoms with Crippen LogP contribution in [0.2, 0.25) is 0 Å². The van der Waals surface area contributed by atoms with Gasteiger partial charge in [0, 0.05) is 17.8 Å². The Bertz CT molecular complexity index is 558. The topological polar surface area (TPSA) is 55.1 Å². The molecule has 0 amide bonds. The van der Waals surface area contributed by atoms with Gasteiger partial charge < -0.3 is 5.11 Å². The van der Waals surface area contributed by atoms with Crippen LogP contribution in [0.4, 0.5) is 0 Å². The molecule has 17 heavy (non-hydrogen) atoms. The number of hydrogen-bond donors (Lipinski definition) is 1. The van der Waals surface area contributed by atoms with Crippen molar-refractivity contribution < 1.29 is 9.90 Å². The van der Waals surface area contributed by atoms with Crippen LogP contribution in [-0.2, 0) is 6.54 Å². The standard InChI is InChI=1S/C13H14N2O2/c1-3-15-9(2)12(8-14-15)10-6-4-5-7-11(10)13(16)17/h4-8H,3H2,1-2H3,(H,16,17). The molecule has 88 valence electrons. The predicted octanol–water partition coefficient (Wildman–Crippen LogP) is 2.58. The maximum absolute atomic E-state index is 11.2. The molecule has 0 spiro atoms. The van der Waals surface area contributed by atoms with E-state index in [4.69, 9.17) is 5.11 Å². The molecule has 0 aliphatic rings. The Balaban J connectivity index is 2.60. The van der Waals surface area contributed by atoms with Gasteiger partial charge in [0.05, 0.1) is 11.8 Å². The Labute approximate surface area is 99.5 Å². The molecule has 1 heterocycles. The van der Waals surface area contributed by atoms with E-state index in [9.17, 15) is 4.79 Å². The van der Waals surface area contributed by atoms with Crippen LogP contribution in [0.5, 0.6) is 0 Å². The number of aryl methyl sites for hydroxylation is 1. The number of carbonyl (C=O) groups is 1. The first-order valence-electron chi connectivity index (χ1n) is 5.50. The monoisotopic (exact) mass is 230 g/mol. The van der Waals surface area contributed by atoms with Crippen LogP contribution in [0.15, 0.2) is 30.5 Å². The lowest BCUT2D eigenvalue weighted by Crippen LogP contribution is -2.01. The second kappa shape index (κ2) is 4.41. The molecule has 1 aromatic carbocycles. The number of rotatable bonds is 3. The summed E-state index contributed by atoms with van der Waals surface area (Å²) in [6.07, 6.45) is 1.72. The maximum atomic E-state index is 11.2. The van der Waals surface area contributed by atoms with Gasteiger partial charge in [0.25, 0.3) is 0 Å². The summed E-state index contributed by atoms with van der Waals surface area (Å²) in [5, 5.41) is 13.4. The summed E-state index contributed by atoms with van der Waals surface area (Å²) in [6, 6.07) is 6.99. The molecule has 4 heteroatoms. The summed E-state index contributed by atoms with van der Waals surface area (Å²) in [5.74, 6) is -0.913. The SMILES string of the molecule is CCn1ncc(-c2ccccc2C(=O)O)c1C. The van der Waals surface area contributed by atoms with Gasteiger partial charge in [0.15, 0.2) is 0 Å². The molecule has 0 saturated carbocycles. The number of benzene rings is 1. The Hall–Kier alpha value is -2.10. The third kappa shape index (κ3) is 1.93. The molecule has 0 fully saturated rings. The van der Waals surface area contributed by atoms with Crippen molar-refractivity contribution in [2.45, 2.75) is 20.4 Å². The molecule has 0 aliphatic heterocycles. The van der Waals surface area contributed by atoms with Gasteiger partial charge in [-0.25, -0.2) is 4.79 Å². The summed E-state index contributed by atoms with van der Waals surface area (Å²) in [7, 11) is 0. The van der Waals surface area contributed by atoms with Crippen molar-refractivity contribution in [2.24, 2.45) is 0 Å². The molecule has 0 unspecified atom stereocenters. The second-order valence-corrected chi connectivity index (χ2v) is 3.81. The van der Waals surface area contributed by atoms with Crippen molar-refractivity contribution in [3.05, 3.63) is 41.7 Å². The molecule has 0 saturated heterocycles. The fourth-order valence-electron chi connectivity index (χ4n) is 1.93. The predicted molar refractivity (Wildman–Crippen MR) is 65.0 cm³/mol. The average molecular weight is 230 g/mol. The van der Waals surface area contributed by atoms with Crippen molar-refractivity contribution in [1.29, 1.82) is 0 Å². The highest BCUT2D eigenvalue weighted by Crippen LogP contribution is 2.26. The largest absolute Gasteiger partial charge is 0.478 e. The maximum Gasteiger partial charge on any atom is 0.336 e. The molecule has 0 atom stereocenters. The molecule has 4 nitrogen and oxygen atoms in total. The first-order chi connectivity index (χ1) is 8.15. The Kier molecular flexibility index (Phi) is 2.95. The summed E-state index contributed by atoms with van der Waals surface area (Å²) in [4.78, 5) is 11.2.